The third-order valence-corrected chi connectivity index (χ3v) is 4.40. The van der Waals surface area contributed by atoms with Gasteiger partial charge in [0.15, 0.2) is 5.84 Å². The first-order valence-electron chi connectivity index (χ1n) is 5.99. The molecule has 0 aromatic carbocycles. The number of hydrogen-bond donors (Lipinski definition) is 2. The Balaban J connectivity index is 3.24. The van der Waals surface area contributed by atoms with Crippen LogP contribution in [0.1, 0.15) is 37.7 Å². The number of aryl methyl sites for hydroxylation is 2. The van der Waals surface area contributed by atoms with Crippen LogP contribution in [-0.2, 0) is 0 Å². The lowest BCUT2D eigenvalue weighted by Gasteiger charge is -2.18. The van der Waals surface area contributed by atoms with Gasteiger partial charge in [0.1, 0.15) is 0 Å². The minimum Gasteiger partial charge on any atom is -0.409 e. The molecule has 0 spiro atoms. The minimum atomic E-state index is 0.124. The van der Waals surface area contributed by atoms with Crippen molar-refractivity contribution in [3.63, 3.8) is 0 Å². The number of nitrogens with zero attached hydrogens (tertiary/aromatic N) is 2. The lowest BCUT2D eigenvalue weighted by Crippen LogP contribution is -2.18. The number of rotatable bonds is 4. The predicted molar refractivity (Wildman–Crippen MR) is 76.4 cm³/mol. The molecule has 0 aliphatic heterocycles. The van der Waals surface area contributed by atoms with Gasteiger partial charge in [0.2, 0.25) is 0 Å². The maximum atomic E-state index is 8.88. The average molecular weight is 267 g/mol. The second-order valence-corrected chi connectivity index (χ2v) is 6.19. The average Bonchev–Trinajstić information content (AvgIpc) is 2.27. The van der Waals surface area contributed by atoms with Crippen molar-refractivity contribution in [3.8, 4) is 0 Å². The molecule has 0 saturated carbocycles. The highest BCUT2D eigenvalue weighted by atomic mass is 32.2. The predicted octanol–water partition coefficient (Wildman–Crippen LogP) is 2.93. The molecule has 1 atom stereocenters. The molecule has 0 aliphatic carbocycles. The van der Waals surface area contributed by atoms with E-state index in [1.807, 2.05) is 19.9 Å². The van der Waals surface area contributed by atoms with Crippen molar-refractivity contribution in [2.75, 3.05) is 0 Å². The van der Waals surface area contributed by atoms with Crippen LogP contribution in [0, 0.1) is 19.8 Å². The van der Waals surface area contributed by atoms with E-state index in [0.29, 0.717) is 11.2 Å². The molecule has 0 saturated heterocycles. The Morgan fingerprint density at radius 2 is 2.00 bits per heavy atom. The number of hydrogen-bond acceptors (Lipinski definition) is 4. The zero-order valence-electron chi connectivity index (χ0n) is 11.6. The van der Waals surface area contributed by atoms with E-state index in [9.17, 15) is 0 Å². The summed E-state index contributed by atoms with van der Waals surface area (Å²) in [5.74, 6) is 0.683. The Morgan fingerprint density at radius 1 is 1.39 bits per heavy atom. The van der Waals surface area contributed by atoms with Gasteiger partial charge in [-0.05, 0) is 25.8 Å². The van der Waals surface area contributed by atoms with E-state index < -0.39 is 0 Å². The molecule has 0 aliphatic rings. The van der Waals surface area contributed by atoms with Gasteiger partial charge in [-0.2, -0.15) is 0 Å². The molecule has 0 bridgehead atoms. The molecule has 5 heteroatoms. The van der Waals surface area contributed by atoms with E-state index in [2.05, 4.69) is 30.9 Å². The van der Waals surface area contributed by atoms with Crippen molar-refractivity contribution in [1.29, 1.82) is 0 Å². The van der Waals surface area contributed by atoms with Crippen molar-refractivity contribution < 1.29 is 5.21 Å². The Labute approximate surface area is 113 Å². The fourth-order valence-electron chi connectivity index (χ4n) is 1.58. The highest BCUT2D eigenvalue weighted by molar-refractivity contribution is 8.00. The van der Waals surface area contributed by atoms with Gasteiger partial charge in [0.05, 0.1) is 5.56 Å². The van der Waals surface area contributed by atoms with Gasteiger partial charge in [0, 0.05) is 21.5 Å². The maximum Gasteiger partial charge on any atom is 0.173 e. The minimum absolute atomic E-state index is 0.124. The monoisotopic (exact) mass is 267 g/mol. The molecular formula is C13H21N3OS. The quantitative estimate of drug-likeness (QED) is 0.289. The van der Waals surface area contributed by atoms with Crippen LogP contribution >= 0.6 is 11.8 Å². The van der Waals surface area contributed by atoms with E-state index in [4.69, 9.17) is 10.9 Å². The molecule has 4 nitrogen and oxygen atoms in total. The van der Waals surface area contributed by atoms with E-state index in [0.717, 1.165) is 21.8 Å². The number of pyridine rings is 1. The zero-order chi connectivity index (χ0) is 13.9. The van der Waals surface area contributed by atoms with Crippen LogP contribution in [0.15, 0.2) is 16.1 Å². The van der Waals surface area contributed by atoms with Gasteiger partial charge in [0.25, 0.3) is 0 Å². The first kappa shape index (κ1) is 14.8. The molecular weight excluding hydrogens is 246 g/mol. The van der Waals surface area contributed by atoms with Gasteiger partial charge in [-0.3, -0.25) is 4.98 Å². The van der Waals surface area contributed by atoms with E-state index in [1.54, 1.807) is 11.8 Å². The normalized spacial score (nSPS) is 14.0. The Morgan fingerprint density at radius 3 is 2.50 bits per heavy atom. The molecule has 1 aromatic rings. The lowest BCUT2D eigenvalue weighted by atomic mass is 10.1. The number of oxime groups is 1. The van der Waals surface area contributed by atoms with Crippen LogP contribution in [0.4, 0.5) is 0 Å². The second-order valence-electron chi connectivity index (χ2n) is 4.77. The van der Waals surface area contributed by atoms with Gasteiger partial charge < -0.3 is 10.9 Å². The molecule has 3 N–H and O–H groups in total. The van der Waals surface area contributed by atoms with Gasteiger partial charge in [-0.25, -0.2) is 0 Å². The standard InChI is InChI=1S/C13H21N3OS/c1-7(2)10(5)18-11-6-8(3)15-9(4)12(11)13(14)16-17/h6-7,10,17H,1-5H3,(H2,14,16). The van der Waals surface area contributed by atoms with Crippen LogP contribution in [-0.4, -0.2) is 21.3 Å². The highest BCUT2D eigenvalue weighted by Crippen LogP contribution is 2.32. The van der Waals surface area contributed by atoms with Crippen LogP contribution in [0.5, 0.6) is 0 Å². The maximum absolute atomic E-state index is 8.88. The van der Waals surface area contributed by atoms with Gasteiger partial charge in [-0.1, -0.05) is 25.9 Å². The summed E-state index contributed by atoms with van der Waals surface area (Å²) in [5, 5.41) is 12.4. The van der Waals surface area contributed by atoms with Gasteiger partial charge in [-0.15, -0.1) is 11.8 Å². The smallest absolute Gasteiger partial charge is 0.173 e. The van der Waals surface area contributed by atoms with Crippen LogP contribution in [0.25, 0.3) is 0 Å². The van der Waals surface area contributed by atoms with Crippen molar-refractivity contribution in [2.45, 2.75) is 44.8 Å². The summed E-state index contributed by atoms with van der Waals surface area (Å²) < 4.78 is 0. The van der Waals surface area contributed by atoms with E-state index in [1.165, 1.54) is 0 Å². The van der Waals surface area contributed by atoms with Crippen molar-refractivity contribution >= 4 is 17.6 Å². The van der Waals surface area contributed by atoms with E-state index in [-0.39, 0.29) is 5.84 Å². The number of thioether (sulfide) groups is 1. The molecule has 1 unspecified atom stereocenters. The SMILES string of the molecule is Cc1cc(SC(C)C(C)C)c(/C(N)=N/O)c(C)n1. The zero-order valence-corrected chi connectivity index (χ0v) is 12.4. The third kappa shape index (κ3) is 3.38. The van der Waals surface area contributed by atoms with Crippen molar-refractivity contribution in [2.24, 2.45) is 16.8 Å². The Bertz CT molecular complexity index is 458. The summed E-state index contributed by atoms with van der Waals surface area (Å²) in [5.41, 5.74) is 8.22. The molecule has 1 heterocycles. The fourth-order valence-corrected chi connectivity index (χ4v) is 2.87. The van der Waals surface area contributed by atoms with Crippen molar-refractivity contribution in [3.05, 3.63) is 23.0 Å². The Kier molecular flexibility index (Phi) is 5.02. The summed E-state index contributed by atoms with van der Waals surface area (Å²) in [7, 11) is 0. The summed E-state index contributed by atoms with van der Waals surface area (Å²) in [4.78, 5) is 5.39. The Hall–Kier alpha value is -1.23. The van der Waals surface area contributed by atoms with E-state index >= 15 is 0 Å². The molecule has 0 radical (unpaired) electrons. The first-order valence-corrected chi connectivity index (χ1v) is 6.87. The van der Waals surface area contributed by atoms with Crippen molar-refractivity contribution in [1.82, 2.24) is 4.98 Å². The number of amidine groups is 1. The fraction of sp³-hybridized carbons (Fsp3) is 0.538. The van der Waals surface area contributed by atoms with Crippen LogP contribution in [0.2, 0.25) is 0 Å². The number of nitrogens with two attached hydrogens (primary N) is 1. The topological polar surface area (TPSA) is 71.5 Å². The molecule has 1 aromatic heterocycles. The molecule has 100 valence electrons. The summed E-state index contributed by atoms with van der Waals surface area (Å²) in [6.07, 6.45) is 0. The molecule has 1 rings (SSSR count). The lowest BCUT2D eigenvalue weighted by molar-refractivity contribution is 0.318. The first-order chi connectivity index (χ1) is 8.36. The molecule has 0 amide bonds. The second kappa shape index (κ2) is 6.09. The van der Waals surface area contributed by atoms with Crippen LogP contribution < -0.4 is 5.73 Å². The number of aromatic nitrogens is 1. The van der Waals surface area contributed by atoms with Gasteiger partial charge >= 0.3 is 0 Å². The third-order valence-electron chi connectivity index (χ3n) is 2.91. The van der Waals surface area contributed by atoms with Crippen LogP contribution in [0.3, 0.4) is 0 Å². The largest absolute Gasteiger partial charge is 0.409 e. The summed E-state index contributed by atoms with van der Waals surface area (Å²) >= 11 is 1.74. The highest BCUT2D eigenvalue weighted by Gasteiger charge is 2.17. The molecule has 18 heavy (non-hydrogen) atoms. The summed E-state index contributed by atoms with van der Waals surface area (Å²) in [6.45, 7) is 10.4. The molecule has 0 fully saturated rings. The summed E-state index contributed by atoms with van der Waals surface area (Å²) in [6, 6.07) is 1.99.